The van der Waals surface area contributed by atoms with Gasteiger partial charge in [-0.3, -0.25) is 0 Å². The Bertz CT molecular complexity index is 774. The molecule has 21 heavy (non-hydrogen) atoms. The van der Waals surface area contributed by atoms with Crippen molar-refractivity contribution in [3.8, 4) is 5.88 Å². The monoisotopic (exact) mass is 303 g/mol. The quantitative estimate of drug-likeness (QED) is 0.720. The molecule has 6 heteroatoms. The maximum absolute atomic E-state index is 5.91. The first-order chi connectivity index (χ1) is 10.3. The highest BCUT2D eigenvalue weighted by molar-refractivity contribution is 6.28. The van der Waals surface area contributed by atoms with Gasteiger partial charge in [0, 0.05) is 18.9 Å². The molecule has 1 atom stereocenters. The fourth-order valence-electron chi connectivity index (χ4n) is 2.73. The number of pyridine rings is 1. The molecule has 4 rings (SSSR count). The number of aromatic nitrogens is 3. The SMILES string of the molecule is Clc1ccc(-n2c(C3CCCCO3)nc3cccnc32)o1. The highest BCUT2D eigenvalue weighted by atomic mass is 35.5. The zero-order valence-corrected chi connectivity index (χ0v) is 12.1. The number of rotatable bonds is 2. The molecule has 0 saturated carbocycles. The fourth-order valence-corrected chi connectivity index (χ4v) is 2.87. The zero-order chi connectivity index (χ0) is 14.2. The number of ether oxygens (including phenoxy) is 1. The second-order valence-electron chi connectivity index (χ2n) is 5.08. The van der Waals surface area contributed by atoms with E-state index in [1.165, 1.54) is 0 Å². The van der Waals surface area contributed by atoms with E-state index in [2.05, 4.69) is 4.98 Å². The van der Waals surface area contributed by atoms with Gasteiger partial charge in [0.05, 0.1) is 0 Å². The molecule has 0 aliphatic carbocycles. The molecule has 1 saturated heterocycles. The van der Waals surface area contributed by atoms with Gasteiger partial charge in [-0.25, -0.2) is 14.5 Å². The van der Waals surface area contributed by atoms with Crippen LogP contribution in [0.4, 0.5) is 0 Å². The van der Waals surface area contributed by atoms with Crippen LogP contribution in [0.1, 0.15) is 31.2 Å². The van der Waals surface area contributed by atoms with Crippen LogP contribution in [0.3, 0.4) is 0 Å². The number of halogens is 1. The van der Waals surface area contributed by atoms with E-state index in [9.17, 15) is 0 Å². The van der Waals surface area contributed by atoms with Crippen LogP contribution >= 0.6 is 11.6 Å². The molecule has 1 aliphatic rings. The minimum Gasteiger partial charge on any atom is -0.428 e. The molecule has 1 aliphatic heterocycles. The number of fused-ring (bicyclic) bond motifs is 1. The summed E-state index contributed by atoms with van der Waals surface area (Å²) in [6.45, 7) is 0.764. The van der Waals surface area contributed by atoms with Crippen LogP contribution in [0.15, 0.2) is 34.9 Å². The molecule has 0 aromatic carbocycles. The predicted octanol–water partition coefficient (Wildman–Crippen LogP) is 3.91. The van der Waals surface area contributed by atoms with Crippen LogP contribution < -0.4 is 0 Å². The Morgan fingerprint density at radius 1 is 1.24 bits per heavy atom. The molecule has 108 valence electrons. The van der Waals surface area contributed by atoms with Crippen molar-refractivity contribution in [2.75, 3.05) is 6.61 Å². The molecule has 0 spiro atoms. The van der Waals surface area contributed by atoms with Gasteiger partial charge in [-0.2, -0.15) is 0 Å². The summed E-state index contributed by atoms with van der Waals surface area (Å²) in [6, 6.07) is 7.36. The molecule has 1 fully saturated rings. The molecule has 4 heterocycles. The van der Waals surface area contributed by atoms with Crippen molar-refractivity contribution >= 4 is 22.8 Å². The first kappa shape index (κ1) is 12.9. The minimum absolute atomic E-state index is 0.0307. The Balaban J connectivity index is 1.92. The van der Waals surface area contributed by atoms with E-state index in [0.717, 1.165) is 42.9 Å². The normalized spacial score (nSPS) is 19.2. The third kappa shape index (κ3) is 2.22. The Labute approximate surface area is 126 Å². The molecule has 0 N–H and O–H groups in total. The first-order valence-electron chi connectivity index (χ1n) is 7.03. The topological polar surface area (TPSA) is 53.1 Å². The number of hydrogen-bond donors (Lipinski definition) is 0. The third-order valence-electron chi connectivity index (χ3n) is 3.69. The minimum atomic E-state index is -0.0307. The van der Waals surface area contributed by atoms with Gasteiger partial charge in [-0.15, -0.1) is 0 Å². The Hall–Kier alpha value is -1.85. The summed E-state index contributed by atoms with van der Waals surface area (Å²) < 4.78 is 13.3. The van der Waals surface area contributed by atoms with Gasteiger partial charge >= 0.3 is 0 Å². The molecular formula is C15H14ClN3O2. The average molecular weight is 304 g/mol. The summed E-state index contributed by atoms with van der Waals surface area (Å²) in [5.41, 5.74) is 1.59. The third-order valence-corrected chi connectivity index (χ3v) is 3.89. The molecule has 3 aromatic heterocycles. The van der Waals surface area contributed by atoms with Crippen molar-refractivity contribution in [1.82, 2.24) is 14.5 Å². The van der Waals surface area contributed by atoms with Crippen LogP contribution in [0.5, 0.6) is 0 Å². The van der Waals surface area contributed by atoms with Gasteiger partial charge in [0.1, 0.15) is 17.4 Å². The second-order valence-corrected chi connectivity index (χ2v) is 5.46. The summed E-state index contributed by atoms with van der Waals surface area (Å²) in [4.78, 5) is 9.12. The Morgan fingerprint density at radius 3 is 2.95 bits per heavy atom. The summed E-state index contributed by atoms with van der Waals surface area (Å²) >= 11 is 5.91. The summed E-state index contributed by atoms with van der Waals surface area (Å²) in [7, 11) is 0. The van der Waals surface area contributed by atoms with E-state index >= 15 is 0 Å². The fraction of sp³-hybridized carbons (Fsp3) is 0.333. The molecule has 0 radical (unpaired) electrons. The van der Waals surface area contributed by atoms with Crippen molar-refractivity contribution in [1.29, 1.82) is 0 Å². The van der Waals surface area contributed by atoms with Gasteiger partial charge in [0.25, 0.3) is 0 Å². The average Bonchev–Trinajstić information content (AvgIpc) is 3.11. The van der Waals surface area contributed by atoms with E-state index in [1.54, 1.807) is 12.3 Å². The summed E-state index contributed by atoms with van der Waals surface area (Å²) in [5, 5.41) is 0.346. The van der Waals surface area contributed by atoms with Crippen LogP contribution in [0, 0.1) is 0 Å². The number of furan rings is 1. The van der Waals surface area contributed by atoms with Crippen molar-refractivity contribution in [2.24, 2.45) is 0 Å². The number of hydrogen-bond acceptors (Lipinski definition) is 4. The van der Waals surface area contributed by atoms with Gasteiger partial charge in [0.2, 0.25) is 5.88 Å². The lowest BCUT2D eigenvalue weighted by atomic mass is 10.1. The van der Waals surface area contributed by atoms with E-state index in [-0.39, 0.29) is 6.10 Å². The van der Waals surface area contributed by atoms with Crippen LogP contribution in [-0.4, -0.2) is 21.1 Å². The largest absolute Gasteiger partial charge is 0.428 e. The van der Waals surface area contributed by atoms with E-state index < -0.39 is 0 Å². The Morgan fingerprint density at radius 2 is 2.19 bits per heavy atom. The highest BCUT2D eigenvalue weighted by Crippen LogP contribution is 2.32. The van der Waals surface area contributed by atoms with Crippen LogP contribution in [0.2, 0.25) is 5.22 Å². The molecule has 0 amide bonds. The highest BCUT2D eigenvalue weighted by Gasteiger charge is 2.25. The molecular weight excluding hydrogens is 290 g/mol. The molecule has 5 nitrogen and oxygen atoms in total. The second kappa shape index (κ2) is 5.16. The number of imidazole rings is 1. The van der Waals surface area contributed by atoms with Crippen molar-refractivity contribution < 1.29 is 9.15 Å². The van der Waals surface area contributed by atoms with Gasteiger partial charge < -0.3 is 9.15 Å². The van der Waals surface area contributed by atoms with E-state index in [4.69, 9.17) is 25.7 Å². The lowest BCUT2D eigenvalue weighted by molar-refractivity contribution is 0.00857. The maximum Gasteiger partial charge on any atom is 0.208 e. The summed E-state index contributed by atoms with van der Waals surface area (Å²) in [6.07, 6.45) is 4.91. The molecule has 0 bridgehead atoms. The maximum atomic E-state index is 5.91. The first-order valence-corrected chi connectivity index (χ1v) is 7.41. The van der Waals surface area contributed by atoms with Crippen molar-refractivity contribution in [2.45, 2.75) is 25.4 Å². The van der Waals surface area contributed by atoms with E-state index in [1.807, 2.05) is 22.8 Å². The lowest BCUT2D eigenvalue weighted by Gasteiger charge is -2.22. The Kier molecular flexibility index (Phi) is 3.16. The van der Waals surface area contributed by atoms with Gasteiger partial charge in [-0.1, -0.05) is 0 Å². The lowest BCUT2D eigenvalue weighted by Crippen LogP contribution is -2.16. The number of nitrogens with zero attached hydrogens (tertiary/aromatic N) is 3. The predicted molar refractivity (Wildman–Crippen MR) is 78.7 cm³/mol. The zero-order valence-electron chi connectivity index (χ0n) is 11.3. The van der Waals surface area contributed by atoms with Gasteiger partial charge in [0.15, 0.2) is 10.9 Å². The standard InChI is InChI=1S/C15H14ClN3O2/c16-12-6-7-13(21-12)19-14-10(4-3-8-17-14)18-15(19)11-5-1-2-9-20-11/h3-4,6-8,11H,1-2,5,9H2. The van der Waals surface area contributed by atoms with Crippen LogP contribution in [-0.2, 0) is 4.74 Å². The van der Waals surface area contributed by atoms with Crippen molar-refractivity contribution in [3.05, 3.63) is 41.5 Å². The molecule has 1 unspecified atom stereocenters. The van der Waals surface area contributed by atoms with Gasteiger partial charge in [-0.05, 0) is 49.1 Å². The van der Waals surface area contributed by atoms with Crippen molar-refractivity contribution in [3.63, 3.8) is 0 Å². The van der Waals surface area contributed by atoms with Crippen LogP contribution in [0.25, 0.3) is 17.0 Å². The summed E-state index contributed by atoms with van der Waals surface area (Å²) in [5.74, 6) is 1.44. The smallest absolute Gasteiger partial charge is 0.208 e. The molecule has 3 aromatic rings. The van der Waals surface area contributed by atoms with E-state index in [0.29, 0.717) is 11.1 Å².